The van der Waals surface area contributed by atoms with Crippen molar-refractivity contribution in [3.05, 3.63) is 70.8 Å². The fourth-order valence-corrected chi connectivity index (χ4v) is 2.62. The van der Waals surface area contributed by atoms with Crippen molar-refractivity contribution in [3.63, 3.8) is 0 Å². The number of rotatable bonds is 10. The van der Waals surface area contributed by atoms with Crippen LogP contribution in [-0.2, 0) is 19.2 Å². The van der Waals surface area contributed by atoms with E-state index in [0.717, 1.165) is 12.8 Å². The molecule has 0 saturated carbocycles. The average molecular weight is 442 g/mol. The first-order valence-electron chi connectivity index (χ1n) is 10.4. The lowest BCUT2D eigenvalue weighted by Crippen LogP contribution is -2.18. The second-order valence-corrected chi connectivity index (χ2v) is 6.81. The van der Waals surface area contributed by atoms with Crippen LogP contribution in [0.25, 0.3) is 0 Å². The second-order valence-electron chi connectivity index (χ2n) is 6.81. The first-order valence-corrected chi connectivity index (χ1v) is 10.4. The van der Waals surface area contributed by atoms with E-state index >= 15 is 0 Å². The van der Waals surface area contributed by atoms with Crippen LogP contribution in [0.4, 0.5) is 0 Å². The average Bonchev–Trinajstić information content (AvgIpc) is 2.82. The van der Waals surface area contributed by atoms with E-state index in [1.807, 2.05) is 13.8 Å². The molecule has 0 radical (unpaired) electrons. The molecule has 32 heavy (non-hydrogen) atoms. The quantitative estimate of drug-likeness (QED) is 0.229. The van der Waals surface area contributed by atoms with Gasteiger partial charge in [0.1, 0.15) is 0 Å². The van der Waals surface area contributed by atoms with Crippen molar-refractivity contribution < 1.29 is 38.4 Å². The monoisotopic (exact) mass is 442 g/mol. The molecule has 2 aromatic rings. The molecule has 2 rings (SSSR count). The van der Waals surface area contributed by atoms with Crippen LogP contribution in [-0.4, -0.2) is 37.1 Å². The number of esters is 2. The Bertz CT molecular complexity index is 873. The van der Waals surface area contributed by atoms with Crippen LogP contribution < -0.4 is 0 Å². The van der Waals surface area contributed by atoms with Crippen molar-refractivity contribution in [2.24, 2.45) is 0 Å². The molecule has 8 nitrogen and oxygen atoms in total. The second kappa shape index (κ2) is 12.9. The standard InChI is InChI=1S/C24H26O8/c1-3-5-15-29-21(25)17-11-7-9-13-19(17)23(27)31-32-24(28)20-14-10-8-12-18(20)22(26)30-16-6-4-2/h7-14H,3-6,15-16H2,1-2H3. The van der Waals surface area contributed by atoms with Crippen LogP contribution in [0.1, 0.15) is 81.0 Å². The summed E-state index contributed by atoms with van der Waals surface area (Å²) >= 11 is 0. The maximum absolute atomic E-state index is 12.4. The Morgan fingerprint density at radius 3 is 1.19 bits per heavy atom. The molecule has 0 saturated heterocycles. The van der Waals surface area contributed by atoms with Gasteiger partial charge in [-0.2, -0.15) is 0 Å². The van der Waals surface area contributed by atoms with Crippen LogP contribution in [0.15, 0.2) is 48.5 Å². The van der Waals surface area contributed by atoms with Gasteiger partial charge in [0.15, 0.2) is 0 Å². The molecule has 2 aromatic carbocycles. The summed E-state index contributed by atoms with van der Waals surface area (Å²) in [6, 6.07) is 11.7. The topological polar surface area (TPSA) is 105 Å². The van der Waals surface area contributed by atoms with Crippen molar-refractivity contribution in [1.82, 2.24) is 0 Å². The Morgan fingerprint density at radius 2 is 0.875 bits per heavy atom. The van der Waals surface area contributed by atoms with Gasteiger partial charge in [0.2, 0.25) is 0 Å². The number of hydrogen-bond donors (Lipinski definition) is 0. The highest BCUT2D eigenvalue weighted by Gasteiger charge is 2.24. The summed E-state index contributed by atoms with van der Waals surface area (Å²) in [6.07, 6.45) is 3.08. The molecule has 0 spiro atoms. The number of unbranched alkanes of at least 4 members (excludes halogenated alkanes) is 2. The molecule has 0 heterocycles. The van der Waals surface area contributed by atoms with Crippen molar-refractivity contribution in [2.45, 2.75) is 39.5 Å². The molecule has 0 aliphatic carbocycles. The van der Waals surface area contributed by atoms with Crippen molar-refractivity contribution in [2.75, 3.05) is 13.2 Å². The molecule has 0 aliphatic heterocycles. The van der Waals surface area contributed by atoms with Gasteiger partial charge in [0, 0.05) is 0 Å². The third kappa shape index (κ3) is 6.94. The number of carbonyl (C=O) groups excluding carboxylic acids is 4. The van der Waals surface area contributed by atoms with Gasteiger partial charge in [0.05, 0.1) is 35.5 Å². The molecule has 0 aliphatic rings. The third-order valence-electron chi connectivity index (χ3n) is 4.39. The number of carbonyl (C=O) groups is 4. The molecule has 8 heteroatoms. The van der Waals surface area contributed by atoms with E-state index in [-0.39, 0.29) is 35.5 Å². The van der Waals surface area contributed by atoms with Crippen molar-refractivity contribution in [1.29, 1.82) is 0 Å². The molecule has 170 valence electrons. The van der Waals surface area contributed by atoms with E-state index in [0.29, 0.717) is 12.8 Å². The molecule has 0 atom stereocenters. The minimum Gasteiger partial charge on any atom is -0.462 e. The maximum atomic E-state index is 12.4. The van der Waals surface area contributed by atoms with E-state index in [2.05, 4.69) is 9.78 Å². The summed E-state index contributed by atoms with van der Waals surface area (Å²) in [4.78, 5) is 58.6. The zero-order valence-corrected chi connectivity index (χ0v) is 18.1. The minimum absolute atomic E-state index is 0.00967. The molecular formula is C24H26O8. The predicted octanol–water partition coefficient (Wildman–Crippen LogP) is 4.53. The third-order valence-corrected chi connectivity index (χ3v) is 4.39. The molecule has 0 amide bonds. The zero-order chi connectivity index (χ0) is 23.3. The highest BCUT2D eigenvalue weighted by Crippen LogP contribution is 2.15. The fraction of sp³-hybridized carbons (Fsp3) is 0.333. The summed E-state index contributed by atoms with van der Waals surface area (Å²) in [5.41, 5.74) is -0.253. The van der Waals surface area contributed by atoms with E-state index in [1.165, 1.54) is 36.4 Å². The lowest BCUT2D eigenvalue weighted by atomic mass is 10.1. The van der Waals surface area contributed by atoms with Crippen LogP contribution in [0.5, 0.6) is 0 Å². The lowest BCUT2D eigenvalue weighted by molar-refractivity contribution is -0.187. The highest BCUT2D eigenvalue weighted by molar-refractivity contribution is 6.04. The predicted molar refractivity (Wildman–Crippen MR) is 114 cm³/mol. The first kappa shape index (κ1) is 24.6. The van der Waals surface area contributed by atoms with Crippen LogP contribution >= 0.6 is 0 Å². The number of hydrogen-bond acceptors (Lipinski definition) is 8. The highest BCUT2D eigenvalue weighted by atomic mass is 17.2. The van der Waals surface area contributed by atoms with E-state index in [4.69, 9.17) is 9.47 Å². The summed E-state index contributed by atoms with van der Waals surface area (Å²) < 4.78 is 10.3. The largest absolute Gasteiger partial charge is 0.462 e. The van der Waals surface area contributed by atoms with Crippen LogP contribution in [0.3, 0.4) is 0 Å². The van der Waals surface area contributed by atoms with Gasteiger partial charge in [0.25, 0.3) is 0 Å². The summed E-state index contributed by atoms with van der Waals surface area (Å²) in [6.45, 7) is 4.35. The minimum atomic E-state index is -1.05. The van der Waals surface area contributed by atoms with Crippen LogP contribution in [0.2, 0.25) is 0 Å². The molecule has 0 fully saturated rings. The van der Waals surface area contributed by atoms with Gasteiger partial charge in [-0.3, -0.25) is 0 Å². The SMILES string of the molecule is CCCCOC(=O)c1ccccc1C(=O)OOC(=O)c1ccccc1C(=O)OCCCC. The molecular weight excluding hydrogens is 416 g/mol. The van der Waals surface area contributed by atoms with Crippen molar-refractivity contribution in [3.8, 4) is 0 Å². The van der Waals surface area contributed by atoms with Gasteiger partial charge in [-0.25, -0.2) is 29.0 Å². The number of benzene rings is 2. The van der Waals surface area contributed by atoms with E-state index in [1.54, 1.807) is 12.1 Å². The molecule has 0 unspecified atom stereocenters. The molecule has 0 aromatic heterocycles. The Hall–Kier alpha value is -3.68. The summed E-state index contributed by atoms with van der Waals surface area (Å²) in [7, 11) is 0. The van der Waals surface area contributed by atoms with Crippen LogP contribution in [0, 0.1) is 0 Å². The molecule has 0 bridgehead atoms. The van der Waals surface area contributed by atoms with E-state index in [9.17, 15) is 19.2 Å². The Labute approximate surface area is 186 Å². The van der Waals surface area contributed by atoms with Gasteiger partial charge < -0.3 is 9.47 Å². The zero-order valence-electron chi connectivity index (χ0n) is 18.1. The fourth-order valence-electron chi connectivity index (χ4n) is 2.62. The molecule has 0 N–H and O–H groups in total. The van der Waals surface area contributed by atoms with Gasteiger partial charge >= 0.3 is 23.9 Å². The summed E-state index contributed by atoms with van der Waals surface area (Å²) in [5, 5.41) is 0. The smallest absolute Gasteiger partial charge is 0.387 e. The normalized spacial score (nSPS) is 10.2. The Morgan fingerprint density at radius 1 is 0.562 bits per heavy atom. The van der Waals surface area contributed by atoms with Gasteiger partial charge in [-0.1, -0.05) is 51.0 Å². The number of ether oxygens (including phenoxy) is 2. The maximum Gasteiger partial charge on any atom is 0.387 e. The summed E-state index contributed by atoms with van der Waals surface area (Å²) in [5.74, 6) is -3.47. The Kier molecular flexibility index (Phi) is 9.90. The van der Waals surface area contributed by atoms with Gasteiger partial charge in [-0.05, 0) is 37.1 Å². The van der Waals surface area contributed by atoms with Crippen molar-refractivity contribution >= 4 is 23.9 Å². The first-order chi connectivity index (χ1) is 15.5. The van der Waals surface area contributed by atoms with Gasteiger partial charge in [-0.15, -0.1) is 0 Å². The van der Waals surface area contributed by atoms with E-state index < -0.39 is 23.9 Å². The Balaban J connectivity index is 2.06. The lowest BCUT2D eigenvalue weighted by Gasteiger charge is -2.10.